The van der Waals surface area contributed by atoms with Crippen molar-refractivity contribution in [2.45, 2.75) is 11.7 Å². The van der Waals surface area contributed by atoms with Gasteiger partial charge < -0.3 is 14.4 Å². The molecule has 28 heavy (non-hydrogen) atoms. The van der Waals surface area contributed by atoms with Crippen molar-refractivity contribution in [1.29, 1.82) is 0 Å². The van der Waals surface area contributed by atoms with Gasteiger partial charge in [0.25, 0.3) is 5.91 Å². The van der Waals surface area contributed by atoms with Gasteiger partial charge in [-0.15, -0.1) is 0 Å². The fraction of sp³-hybridized carbons (Fsp3) is 0.350. The molecule has 0 N–H and O–H groups in total. The number of amides is 1. The molecule has 0 spiro atoms. The number of hydrogen-bond donors (Lipinski definition) is 0. The zero-order valence-electron chi connectivity index (χ0n) is 15.7. The predicted molar refractivity (Wildman–Crippen MR) is 103 cm³/mol. The van der Waals surface area contributed by atoms with Crippen molar-refractivity contribution in [3.63, 3.8) is 0 Å². The molecule has 0 aliphatic carbocycles. The molecule has 1 aliphatic heterocycles. The molecule has 1 amide bonds. The number of carbonyl (C=O) groups is 1. The molecular weight excluding hydrogens is 385 g/mol. The number of benzene rings is 2. The van der Waals surface area contributed by atoms with Crippen LogP contribution >= 0.6 is 0 Å². The summed E-state index contributed by atoms with van der Waals surface area (Å²) in [6.45, 7) is 0.244. The topological polar surface area (TPSA) is 72.9 Å². The van der Waals surface area contributed by atoms with Crippen LogP contribution in [0.5, 0.6) is 11.5 Å². The third-order valence-electron chi connectivity index (χ3n) is 4.92. The summed E-state index contributed by atoms with van der Waals surface area (Å²) in [7, 11) is -0.632. The summed E-state index contributed by atoms with van der Waals surface area (Å²) >= 11 is 0. The minimum absolute atomic E-state index is 0.0430. The molecule has 0 saturated carbocycles. The van der Waals surface area contributed by atoms with Gasteiger partial charge in [0.1, 0.15) is 17.3 Å². The number of hydrogen-bond acceptors (Lipinski definition) is 5. The largest absolute Gasteiger partial charge is 0.497 e. The van der Waals surface area contributed by atoms with Gasteiger partial charge in [-0.25, -0.2) is 12.8 Å². The Bertz CT molecular complexity index is 976. The zero-order valence-corrected chi connectivity index (χ0v) is 16.5. The molecule has 2 aromatic rings. The average molecular weight is 407 g/mol. The van der Waals surface area contributed by atoms with Crippen molar-refractivity contribution < 1.29 is 27.1 Å². The van der Waals surface area contributed by atoms with E-state index in [-0.39, 0.29) is 36.7 Å². The van der Waals surface area contributed by atoms with Crippen LogP contribution in [0.15, 0.2) is 42.5 Å². The third kappa shape index (κ3) is 3.96. The van der Waals surface area contributed by atoms with Gasteiger partial charge in [-0.1, -0.05) is 18.2 Å². The first-order valence-electron chi connectivity index (χ1n) is 8.84. The number of nitrogens with zero attached hydrogens (tertiary/aromatic N) is 1. The van der Waals surface area contributed by atoms with Crippen LogP contribution in [0.2, 0.25) is 0 Å². The Balaban J connectivity index is 1.87. The number of sulfone groups is 1. The summed E-state index contributed by atoms with van der Waals surface area (Å²) in [5, 5.41) is -0.968. The Morgan fingerprint density at radius 1 is 1.11 bits per heavy atom. The van der Waals surface area contributed by atoms with Crippen molar-refractivity contribution in [2.24, 2.45) is 0 Å². The molecule has 1 atom stereocenters. The van der Waals surface area contributed by atoms with E-state index in [2.05, 4.69) is 0 Å². The lowest BCUT2D eigenvalue weighted by atomic mass is 10.1. The van der Waals surface area contributed by atoms with Gasteiger partial charge in [0.2, 0.25) is 0 Å². The normalized spacial score (nSPS) is 19.0. The van der Waals surface area contributed by atoms with E-state index in [0.29, 0.717) is 17.1 Å². The molecule has 0 aromatic heterocycles. The molecule has 1 saturated heterocycles. The molecule has 1 heterocycles. The Labute approximate surface area is 163 Å². The van der Waals surface area contributed by atoms with Crippen LogP contribution in [0.1, 0.15) is 27.6 Å². The Kier molecular flexibility index (Phi) is 5.88. The highest BCUT2D eigenvalue weighted by Crippen LogP contribution is 2.32. The summed E-state index contributed by atoms with van der Waals surface area (Å²) in [5.74, 6) is -0.207. The van der Waals surface area contributed by atoms with Crippen LogP contribution in [0.4, 0.5) is 4.39 Å². The van der Waals surface area contributed by atoms with Crippen molar-refractivity contribution in [2.75, 3.05) is 33.1 Å². The molecule has 2 aromatic carbocycles. The fourth-order valence-corrected chi connectivity index (χ4v) is 5.18. The van der Waals surface area contributed by atoms with Crippen LogP contribution in [-0.2, 0) is 9.84 Å². The Hall–Kier alpha value is -2.61. The predicted octanol–water partition coefficient (Wildman–Crippen LogP) is 2.84. The van der Waals surface area contributed by atoms with Crippen LogP contribution in [0.25, 0.3) is 0 Å². The highest BCUT2D eigenvalue weighted by molar-refractivity contribution is 7.91. The minimum atomic E-state index is -3.60. The molecule has 1 fully saturated rings. The van der Waals surface area contributed by atoms with E-state index in [1.165, 1.54) is 37.3 Å². The molecule has 1 unspecified atom stereocenters. The first-order valence-corrected chi connectivity index (χ1v) is 10.6. The summed E-state index contributed by atoms with van der Waals surface area (Å²) in [4.78, 5) is 14.5. The first-order chi connectivity index (χ1) is 13.4. The lowest BCUT2D eigenvalue weighted by Crippen LogP contribution is -2.33. The van der Waals surface area contributed by atoms with Crippen molar-refractivity contribution in [3.8, 4) is 11.5 Å². The quantitative estimate of drug-likeness (QED) is 0.779. The highest BCUT2D eigenvalue weighted by atomic mass is 32.2. The summed E-state index contributed by atoms with van der Waals surface area (Å²) < 4.78 is 50.0. The summed E-state index contributed by atoms with van der Waals surface area (Å²) in [6.07, 6.45) is 0.132. The van der Waals surface area contributed by atoms with E-state index in [9.17, 15) is 17.6 Å². The number of rotatable bonds is 4. The fourth-order valence-electron chi connectivity index (χ4n) is 3.38. The van der Waals surface area contributed by atoms with Gasteiger partial charge in [0.05, 0.1) is 30.8 Å². The standard InChI is InChI=1S/C20H22FNO5S/c1-26-14-7-8-16(18(13-14)27-2)20(23)22-10-9-19(28(24,25)12-11-22)15-5-3-4-6-17(15)21/h3-8,13,19H,9-12H2,1-2H3. The second-order valence-corrected chi connectivity index (χ2v) is 8.83. The molecule has 1 aliphatic rings. The zero-order chi connectivity index (χ0) is 20.3. The number of ether oxygens (including phenoxy) is 2. The smallest absolute Gasteiger partial charge is 0.257 e. The average Bonchev–Trinajstić information content (AvgIpc) is 2.85. The molecule has 6 nitrogen and oxygen atoms in total. The van der Waals surface area contributed by atoms with Crippen LogP contribution < -0.4 is 9.47 Å². The molecular formula is C20H22FNO5S. The highest BCUT2D eigenvalue weighted by Gasteiger charge is 2.34. The van der Waals surface area contributed by atoms with E-state index in [0.717, 1.165) is 0 Å². The first kappa shape index (κ1) is 20.1. The van der Waals surface area contributed by atoms with Gasteiger partial charge in [0, 0.05) is 24.7 Å². The summed E-state index contributed by atoms with van der Waals surface area (Å²) in [5.41, 5.74) is 0.476. The SMILES string of the molecule is COc1ccc(C(=O)N2CCC(c3ccccc3F)S(=O)(=O)CC2)c(OC)c1. The third-order valence-corrected chi connectivity index (χ3v) is 7.03. The summed E-state index contributed by atoms with van der Waals surface area (Å²) in [6, 6.07) is 10.7. The van der Waals surface area contributed by atoms with Gasteiger partial charge >= 0.3 is 0 Å². The van der Waals surface area contributed by atoms with Crippen molar-refractivity contribution >= 4 is 15.7 Å². The molecule has 0 bridgehead atoms. The monoisotopic (exact) mass is 407 g/mol. The second kappa shape index (κ2) is 8.18. The molecule has 8 heteroatoms. The van der Waals surface area contributed by atoms with Crippen molar-refractivity contribution in [3.05, 3.63) is 59.4 Å². The van der Waals surface area contributed by atoms with E-state index < -0.39 is 20.9 Å². The molecule has 3 rings (SSSR count). The number of carbonyl (C=O) groups excluding carboxylic acids is 1. The van der Waals surface area contributed by atoms with Gasteiger partial charge in [-0.2, -0.15) is 0 Å². The Morgan fingerprint density at radius 3 is 2.54 bits per heavy atom. The molecule has 150 valence electrons. The maximum Gasteiger partial charge on any atom is 0.257 e. The van der Waals surface area contributed by atoms with E-state index >= 15 is 0 Å². The van der Waals surface area contributed by atoms with Gasteiger partial charge in [-0.3, -0.25) is 4.79 Å². The van der Waals surface area contributed by atoms with E-state index in [4.69, 9.17) is 9.47 Å². The van der Waals surface area contributed by atoms with Crippen LogP contribution in [0, 0.1) is 5.82 Å². The lowest BCUT2D eigenvalue weighted by molar-refractivity contribution is 0.0763. The second-order valence-electron chi connectivity index (χ2n) is 6.52. The lowest BCUT2D eigenvalue weighted by Gasteiger charge is -2.21. The van der Waals surface area contributed by atoms with Crippen molar-refractivity contribution in [1.82, 2.24) is 4.90 Å². The minimum Gasteiger partial charge on any atom is -0.497 e. The van der Waals surface area contributed by atoms with Crippen LogP contribution in [0.3, 0.4) is 0 Å². The van der Waals surface area contributed by atoms with Gasteiger partial charge in [0.15, 0.2) is 9.84 Å². The van der Waals surface area contributed by atoms with E-state index in [1.54, 1.807) is 24.3 Å². The number of halogens is 1. The maximum atomic E-state index is 14.2. The van der Waals surface area contributed by atoms with E-state index in [1.807, 2.05) is 0 Å². The molecule has 0 radical (unpaired) electrons. The number of methoxy groups -OCH3 is 2. The maximum absolute atomic E-state index is 14.2. The van der Waals surface area contributed by atoms with Gasteiger partial charge in [-0.05, 0) is 24.6 Å². The van der Waals surface area contributed by atoms with Crippen LogP contribution in [-0.4, -0.2) is 52.3 Å². The Morgan fingerprint density at radius 2 is 1.86 bits per heavy atom.